The number of hydrogen-bond acceptors (Lipinski definition) is 8. The van der Waals surface area contributed by atoms with Gasteiger partial charge in [0.2, 0.25) is 5.89 Å². The maximum absolute atomic E-state index is 13.0. The molecule has 1 N–H and O–H groups in total. The second kappa shape index (κ2) is 8.89. The summed E-state index contributed by atoms with van der Waals surface area (Å²) in [5, 5.41) is 11.1. The van der Waals surface area contributed by atoms with Crippen LogP contribution in [0.4, 0.5) is 14.9 Å². The summed E-state index contributed by atoms with van der Waals surface area (Å²) in [6, 6.07) is 6.01. The van der Waals surface area contributed by atoms with Crippen molar-refractivity contribution in [2.24, 2.45) is 0 Å². The SMILES string of the molecule is CC(C)(C)OC(=O)N1CCC(c2ncc(-c3nnc(CNc4ccc(F)cc4)o3)cn2)C1. The van der Waals surface area contributed by atoms with Crippen LogP contribution < -0.4 is 5.32 Å². The molecule has 1 amide bonds. The molecule has 1 unspecified atom stereocenters. The number of hydrogen-bond donors (Lipinski definition) is 1. The number of nitrogens with one attached hydrogen (secondary N) is 1. The number of aromatic nitrogens is 4. The number of likely N-dealkylation sites (tertiary alicyclic amines) is 1. The standard InChI is InChI=1S/C22H25FN6O3/c1-22(2,3)32-21(30)29-9-8-14(13-29)19-25-10-15(11-26-19)20-28-27-18(31-20)12-24-17-6-4-16(23)5-7-17/h4-7,10-11,14,24H,8-9,12-13H2,1-3H3. The zero-order valence-corrected chi connectivity index (χ0v) is 18.2. The summed E-state index contributed by atoms with van der Waals surface area (Å²) in [4.78, 5) is 22.8. The molecule has 0 aliphatic carbocycles. The molecule has 168 valence electrons. The van der Waals surface area contributed by atoms with E-state index < -0.39 is 5.60 Å². The summed E-state index contributed by atoms with van der Waals surface area (Å²) in [6.07, 6.45) is 3.74. The maximum Gasteiger partial charge on any atom is 0.410 e. The Morgan fingerprint density at radius 3 is 2.62 bits per heavy atom. The van der Waals surface area contributed by atoms with Crippen molar-refractivity contribution in [2.45, 2.75) is 45.3 Å². The van der Waals surface area contributed by atoms with Crippen molar-refractivity contribution >= 4 is 11.8 Å². The molecular weight excluding hydrogens is 415 g/mol. The van der Waals surface area contributed by atoms with Gasteiger partial charge in [0.15, 0.2) is 0 Å². The maximum atomic E-state index is 13.0. The van der Waals surface area contributed by atoms with Gasteiger partial charge in [0.05, 0.1) is 12.1 Å². The number of carbonyl (C=O) groups is 1. The molecule has 32 heavy (non-hydrogen) atoms. The van der Waals surface area contributed by atoms with Gasteiger partial charge < -0.3 is 19.4 Å². The highest BCUT2D eigenvalue weighted by Gasteiger charge is 2.32. The van der Waals surface area contributed by atoms with Crippen LogP contribution in [0.25, 0.3) is 11.5 Å². The molecule has 3 heterocycles. The molecule has 1 aromatic carbocycles. The van der Waals surface area contributed by atoms with Crippen LogP contribution in [0.1, 0.15) is 44.8 Å². The number of amides is 1. The normalized spacial score (nSPS) is 16.2. The lowest BCUT2D eigenvalue weighted by atomic mass is 10.1. The van der Waals surface area contributed by atoms with Gasteiger partial charge in [-0.3, -0.25) is 0 Å². The molecule has 1 aliphatic rings. The summed E-state index contributed by atoms with van der Waals surface area (Å²) >= 11 is 0. The Hall–Kier alpha value is -3.56. The Kier molecular flexibility index (Phi) is 6.02. The summed E-state index contributed by atoms with van der Waals surface area (Å²) in [7, 11) is 0. The second-order valence-electron chi connectivity index (χ2n) is 8.60. The van der Waals surface area contributed by atoms with Crippen LogP contribution in [0.5, 0.6) is 0 Å². The van der Waals surface area contributed by atoms with E-state index in [1.54, 1.807) is 29.4 Å². The van der Waals surface area contributed by atoms with Crippen molar-refractivity contribution in [1.29, 1.82) is 0 Å². The predicted octanol–water partition coefficient (Wildman–Crippen LogP) is 4.00. The van der Waals surface area contributed by atoms with E-state index in [1.807, 2.05) is 20.8 Å². The van der Waals surface area contributed by atoms with Crippen LogP contribution in [0.15, 0.2) is 41.1 Å². The van der Waals surface area contributed by atoms with Crippen LogP contribution in [0.3, 0.4) is 0 Å². The monoisotopic (exact) mass is 440 g/mol. The highest BCUT2D eigenvalue weighted by Crippen LogP contribution is 2.27. The number of carbonyl (C=O) groups excluding carboxylic acids is 1. The smallest absolute Gasteiger partial charge is 0.410 e. The van der Waals surface area contributed by atoms with Crippen molar-refractivity contribution in [3.05, 3.63) is 54.2 Å². The first-order valence-electron chi connectivity index (χ1n) is 10.4. The van der Waals surface area contributed by atoms with E-state index in [0.717, 1.165) is 12.1 Å². The molecule has 1 aliphatic heterocycles. The van der Waals surface area contributed by atoms with Gasteiger partial charge in [-0.25, -0.2) is 19.2 Å². The van der Waals surface area contributed by atoms with Crippen LogP contribution in [-0.2, 0) is 11.3 Å². The first kappa shape index (κ1) is 21.7. The van der Waals surface area contributed by atoms with Gasteiger partial charge in [0.25, 0.3) is 5.89 Å². The minimum atomic E-state index is -0.523. The summed E-state index contributed by atoms with van der Waals surface area (Å²) in [5.74, 6) is 1.12. The first-order valence-corrected chi connectivity index (χ1v) is 10.4. The summed E-state index contributed by atoms with van der Waals surface area (Å²) < 4.78 is 24.1. The van der Waals surface area contributed by atoms with E-state index in [0.29, 0.717) is 42.8 Å². The van der Waals surface area contributed by atoms with E-state index >= 15 is 0 Å². The van der Waals surface area contributed by atoms with Crippen LogP contribution in [0, 0.1) is 5.82 Å². The first-order chi connectivity index (χ1) is 15.3. The zero-order chi connectivity index (χ0) is 22.7. The Morgan fingerprint density at radius 1 is 1.22 bits per heavy atom. The van der Waals surface area contributed by atoms with E-state index in [1.165, 1.54) is 12.1 Å². The zero-order valence-electron chi connectivity index (χ0n) is 18.2. The van der Waals surface area contributed by atoms with Crippen LogP contribution >= 0.6 is 0 Å². The molecule has 1 saturated heterocycles. The molecule has 10 heteroatoms. The molecule has 0 bridgehead atoms. The lowest BCUT2D eigenvalue weighted by Gasteiger charge is -2.24. The van der Waals surface area contributed by atoms with E-state index in [4.69, 9.17) is 9.15 Å². The molecule has 0 saturated carbocycles. The van der Waals surface area contributed by atoms with Crippen LogP contribution in [-0.4, -0.2) is 49.8 Å². The molecule has 3 aromatic rings. The van der Waals surface area contributed by atoms with Gasteiger partial charge in [-0.1, -0.05) is 0 Å². The summed E-state index contributed by atoms with van der Waals surface area (Å²) in [6.45, 7) is 6.99. The van der Waals surface area contributed by atoms with Crippen molar-refractivity contribution in [1.82, 2.24) is 25.1 Å². The quantitative estimate of drug-likeness (QED) is 0.634. The Balaban J connectivity index is 1.34. The van der Waals surface area contributed by atoms with Crippen molar-refractivity contribution in [3.63, 3.8) is 0 Å². The van der Waals surface area contributed by atoms with Gasteiger partial charge in [-0.05, 0) is 51.5 Å². The topological polar surface area (TPSA) is 106 Å². The largest absolute Gasteiger partial charge is 0.444 e. The molecule has 1 atom stereocenters. The summed E-state index contributed by atoms with van der Waals surface area (Å²) in [5.41, 5.74) is 0.831. The number of benzene rings is 1. The number of rotatable bonds is 5. The lowest BCUT2D eigenvalue weighted by molar-refractivity contribution is 0.0292. The number of anilines is 1. The second-order valence-corrected chi connectivity index (χ2v) is 8.60. The molecule has 4 rings (SSSR count). The molecular formula is C22H25FN6O3. The third-order valence-corrected chi connectivity index (χ3v) is 4.88. The third kappa shape index (κ3) is 5.37. The number of ether oxygens (including phenoxy) is 1. The van der Waals surface area contributed by atoms with Crippen molar-refractivity contribution in [2.75, 3.05) is 18.4 Å². The molecule has 0 spiro atoms. The Labute approximate surface area is 185 Å². The average Bonchev–Trinajstić information content (AvgIpc) is 3.42. The van der Waals surface area contributed by atoms with Crippen molar-refractivity contribution in [3.8, 4) is 11.5 Å². The van der Waals surface area contributed by atoms with Crippen LogP contribution in [0.2, 0.25) is 0 Å². The van der Waals surface area contributed by atoms with Crippen molar-refractivity contribution < 1.29 is 18.3 Å². The Morgan fingerprint density at radius 2 is 1.94 bits per heavy atom. The van der Waals surface area contributed by atoms with Gasteiger partial charge in [0.1, 0.15) is 17.2 Å². The van der Waals surface area contributed by atoms with Gasteiger partial charge >= 0.3 is 6.09 Å². The molecule has 9 nitrogen and oxygen atoms in total. The Bertz CT molecular complexity index is 1060. The average molecular weight is 440 g/mol. The minimum absolute atomic E-state index is 0.0507. The third-order valence-electron chi connectivity index (χ3n) is 4.88. The molecule has 0 radical (unpaired) electrons. The predicted molar refractivity (Wildman–Crippen MR) is 114 cm³/mol. The van der Waals surface area contributed by atoms with E-state index in [9.17, 15) is 9.18 Å². The van der Waals surface area contributed by atoms with Gasteiger partial charge in [-0.2, -0.15) is 0 Å². The van der Waals surface area contributed by atoms with E-state index in [-0.39, 0.29) is 17.8 Å². The fourth-order valence-electron chi connectivity index (χ4n) is 3.31. The lowest BCUT2D eigenvalue weighted by Crippen LogP contribution is -2.35. The fourth-order valence-corrected chi connectivity index (χ4v) is 3.31. The van der Waals surface area contributed by atoms with Gasteiger partial charge in [-0.15, -0.1) is 10.2 Å². The van der Waals surface area contributed by atoms with E-state index in [2.05, 4.69) is 25.5 Å². The minimum Gasteiger partial charge on any atom is -0.444 e. The highest BCUT2D eigenvalue weighted by molar-refractivity contribution is 5.68. The number of nitrogens with zero attached hydrogens (tertiary/aromatic N) is 5. The molecule has 1 fully saturated rings. The highest BCUT2D eigenvalue weighted by atomic mass is 19.1. The number of halogens is 1. The fraction of sp³-hybridized carbons (Fsp3) is 0.409. The molecule has 2 aromatic heterocycles. The van der Waals surface area contributed by atoms with Gasteiger partial charge in [0, 0.05) is 37.1 Å².